The van der Waals surface area contributed by atoms with E-state index in [1.807, 2.05) is 19.1 Å². The van der Waals surface area contributed by atoms with Gasteiger partial charge in [-0.05, 0) is 88.9 Å². The third kappa shape index (κ3) is 8.02. The van der Waals surface area contributed by atoms with Crippen molar-refractivity contribution in [2.24, 2.45) is 0 Å². The number of hydrogen-bond acceptors (Lipinski definition) is 8. The summed E-state index contributed by atoms with van der Waals surface area (Å²) in [4.78, 5) is 44.1. The molecule has 2 aromatic rings. The summed E-state index contributed by atoms with van der Waals surface area (Å²) in [5, 5.41) is 37.6. The molecule has 204 valence electrons. The Balaban J connectivity index is 0.000000234. The maximum Gasteiger partial charge on any atom is 0.448 e. The van der Waals surface area contributed by atoms with E-state index < -0.39 is 7.12 Å². The molecule has 0 atom stereocenters. The molecular weight excluding hydrogens is 559 g/mol. The van der Waals surface area contributed by atoms with Crippen molar-refractivity contribution in [3.8, 4) is 0 Å². The number of halogens is 1. The van der Waals surface area contributed by atoms with E-state index in [2.05, 4.69) is 15.9 Å². The van der Waals surface area contributed by atoms with Crippen LogP contribution in [0.1, 0.15) is 65.6 Å². The van der Waals surface area contributed by atoms with Gasteiger partial charge in [0.25, 0.3) is 11.4 Å². The molecule has 2 N–H and O–H groups in total. The Morgan fingerprint density at radius 3 is 1.68 bits per heavy atom. The maximum absolute atomic E-state index is 11.2. The fourth-order valence-corrected chi connectivity index (χ4v) is 5.58. The summed E-state index contributed by atoms with van der Waals surface area (Å²) in [6.07, 6.45) is 5.50. The molecule has 12 heteroatoms. The molecule has 2 aromatic carbocycles. The van der Waals surface area contributed by atoms with E-state index in [1.54, 1.807) is 0 Å². The number of rotatable bonds is 6. The summed E-state index contributed by atoms with van der Waals surface area (Å²) in [5.41, 5.74) is 6.09. The molecule has 0 spiro atoms. The molecule has 0 amide bonds. The Bertz CT molecular complexity index is 1170. The first kappa shape index (κ1) is 31.3. The molecule has 10 nitrogen and oxygen atoms in total. The Kier molecular flexibility index (Phi) is 11.3. The van der Waals surface area contributed by atoms with Crippen LogP contribution in [0, 0.1) is 27.2 Å². The molecule has 0 radical (unpaired) electrons. The fourth-order valence-electron chi connectivity index (χ4n) is 4.98. The van der Waals surface area contributed by atoms with Gasteiger partial charge in [0.1, 0.15) is 11.6 Å². The third-order valence-corrected chi connectivity index (χ3v) is 7.04. The van der Waals surface area contributed by atoms with E-state index in [9.17, 15) is 29.8 Å². The molecule has 0 aromatic heterocycles. The average molecular weight is 591 g/mol. The van der Waals surface area contributed by atoms with Crippen LogP contribution in [0.2, 0.25) is 6.82 Å². The van der Waals surface area contributed by atoms with Crippen molar-refractivity contribution in [1.82, 2.24) is 0 Å². The lowest BCUT2D eigenvalue weighted by molar-refractivity contribution is -0.386. The normalized spacial score (nSPS) is 12.8. The number of carbonyl (C=O) groups is 2. The second kappa shape index (κ2) is 13.7. The highest BCUT2D eigenvalue weighted by Gasteiger charge is 2.29. The first-order valence-electron chi connectivity index (χ1n) is 12.4. The number of benzene rings is 2. The van der Waals surface area contributed by atoms with E-state index in [0.29, 0.717) is 15.6 Å². The minimum absolute atomic E-state index is 0.0332. The zero-order chi connectivity index (χ0) is 28.7. The van der Waals surface area contributed by atoms with Crippen molar-refractivity contribution < 1.29 is 29.5 Å². The van der Waals surface area contributed by atoms with Gasteiger partial charge in [0.05, 0.1) is 15.4 Å². The number of nitro groups is 2. The van der Waals surface area contributed by atoms with Gasteiger partial charge in [-0.25, -0.2) is 0 Å². The van der Waals surface area contributed by atoms with Crippen molar-refractivity contribution in [2.75, 3.05) is 0 Å². The van der Waals surface area contributed by atoms with Gasteiger partial charge in [-0.15, -0.1) is 0 Å². The number of ketones is 2. The second-order valence-electron chi connectivity index (χ2n) is 9.59. The summed E-state index contributed by atoms with van der Waals surface area (Å²) < 4.78 is 0.681. The molecule has 0 saturated heterocycles. The monoisotopic (exact) mass is 590 g/mol. The molecule has 0 saturated carbocycles. The van der Waals surface area contributed by atoms with Crippen LogP contribution in [0.15, 0.2) is 16.6 Å². The first-order valence-corrected chi connectivity index (χ1v) is 13.1. The van der Waals surface area contributed by atoms with Gasteiger partial charge in [-0.1, -0.05) is 22.0 Å². The molecule has 38 heavy (non-hydrogen) atoms. The number of hydrogen-bond donors (Lipinski definition) is 2. The zero-order valence-electron chi connectivity index (χ0n) is 22.0. The van der Waals surface area contributed by atoms with Gasteiger partial charge in [-0.2, -0.15) is 0 Å². The minimum Gasteiger partial charge on any atom is -0.427 e. The largest absolute Gasteiger partial charge is 0.448 e. The Hall–Kier alpha value is -2.96. The van der Waals surface area contributed by atoms with E-state index in [4.69, 9.17) is 10.0 Å². The summed E-state index contributed by atoms with van der Waals surface area (Å²) in [7, 11) is -1.17. The van der Waals surface area contributed by atoms with Crippen LogP contribution in [0.25, 0.3) is 0 Å². The third-order valence-electron chi connectivity index (χ3n) is 6.34. The van der Waals surface area contributed by atoms with Gasteiger partial charge in [-0.3, -0.25) is 29.8 Å². The highest BCUT2D eigenvalue weighted by Crippen LogP contribution is 2.38. The van der Waals surface area contributed by atoms with Crippen molar-refractivity contribution >= 4 is 46.0 Å². The van der Waals surface area contributed by atoms with E-state index in [1.165, 1.54) is 20.7 Å². The summed E-state index contributed by atoms with van der Waals surface area (Å²) in [5.74, 6) is -0.0964. The molecule has 4 rings (SSSR count). The van der Waals surface area contributed by atoms with Gasteiger partial charge in [0.15, 0.2) is 0 Å². The number of nitro benzene ring substituents is 2. The Labute approximate surface area is 230 Å². The molecule has 0 bridgehead atoms. The van der Waals surface area contributed by atoms with Crippen molar-refractivity contribution in [3.63, 3.8) is 0 Å². The number of Topliss-reactive ketones (excluding diaryl/α,β-unsaturated/α-hetero) is 2. The van der Waals surface area contributed by atoms with Gasteiger partial charge in [0.2, 0.25) is 0 Å². The quantitative estimate of drug-likeness (QED) is 0.280. The SMILES string of the molecule is CB(O)O.CC(=O)Cc1c(Br)cc2c(c1[N+](=O)[O-])CCC2.CC(=O)Cc1c(C)cc2c(c1[N+](=O)[O-])CCC2. The van der Waals surface area contributed by atoms with Crippen molar-refractivity contribution in [2.45, 2.75) is 79.0 Å². The zero-order valence-corrected chi connectivity index (χ0v) is 23.6. The van der Waals surface area contributed by atoms with Crippen LogP contribution in [-0.2, 0) is 48.1 Å². The molecular formula is C26H32BBrN2O8. The summed E-state index contributed by atoms with van der Waals surface area (Å²) in [6, 6.07) is 3.93. The molecule has 0 heterocycles. The standard InChI is InChI=1S/C13H15NO3.C12H12BrNO3.CH5BO2/c1-8-6-10-4-3-5-11(10)13(14(16)17)12(8)7-9(2)15;1-7(15)5-10-11(13)6-8-3-2-4-9(8)12(10)14(16)17;1-2(3)4/h6H,3-5,7H2,1-2H3;6H,2-5H2,1H3;3-4H,1H3. The summed E-state index contributed by atoms with van der Waals surface area (Å²) >= 11 is 3.34. The van der Waals surface area contributed by atoms with E-state index in [0.717, 1.165) is 66.3 Å². The minimum atomic E-state index is -1.17. The fraction of sp³-hybridized carbons (Fsp3) is 0.462. The maximum atomic E-state index is 11.2. The van der Waals surface area contributed by atoms with Crippen LogP contribution in [0.5, 0.6) is 0 Å². The Morgan fingerprint density at radius 1 is 0.868 bits per heavy atom. The van der Waals surface area contributed by atoms with Gasteiger partial charge >= 0.3 is 7.12 Å². The predicted octanol–water partition coefficient (Wildman–Crippen LogP) is 4.59. The van der Waals surface area contributed by atoms with Crippen molar-refractivity contribution in [3.05, 3.63) is 75.8 Å². The average Bonchev–Trinajstić information content (AvgIpc) is 3.42. The van der Waals surface area contributed by atoms with Crippen LogP contribution < -0.4 is 0 Å². The lowest BCUT2D eigenvalue weighted by atomic mass is 9.95. The van der Waals surface area contributed by atoms with Crippen LogP contribution in [-0.4, -0.2) is 38.6 Å². The Morgan fingerprint density at radius 2 is 1.26 bits per heavy atom. The number of nitrogens with zero attached hydrogens (tertiary/aromatic N) is 2. The lowest BCUT2D eigenvalue weighted by Crippen LogP contribution is -2.07. The second-order valence-corrected chi connectivity index (χ2v) is 10.4. The van der Waals surface area contributed by atoms with Crippen LogP contribution in [0.4, 0.5) is 11.4 Å². The van der Waals surface area contributed by atoms with Gasteiger partial charge < -0.3 is 10.0 Å². The smallest absolute Gasteiger partial charge is 0.427 e. The molecule has 0 aliphatic heterocycles. The van der Waals surface area contributed by atoms with Gasteiger partial charge in [0, 0.05) is 34.0 Å². The molecule has 2 aliphatic carbocycles. The summed E-state index contributed by atoms with van der Waals surface area (Å²) in [6.45, 7) is 6.05. The van der Waals surface area contributed by atoms with Crippen LogP contribution >= 0.6 is 15.9 Å². The molecule has 0 unspecified atom stereocenters. The van der Waals surface area contributed by atoms with Crippen LogP contribution in [0.3, 0.4) is 0 Å². The molecule has 2 aliphatic rings. The number of carbonyl (C=O) groups excluding carboxylic acids is 2. The lowest BCUT2D eigenvalue weighted by Gasteiger charge is -2.10. The van der Waals surface area contributed by atoms with E-state index in [-0.39, 0.29) is 45.6 Å². The molecule has 0 fully saturated rings. The highest BCUT2D eigenvalue weighted by molar-refractivity contribution is 9.10. The number of aryl methyl sites for hydroxylation is 3. The first-order chi connectivity index (χ1) is 17.7. The topological polar surface area (TPSA) is 161 Å². The number of fused-ring (bicyclic) bond motifs is 2. The predicted molar refractivity (Wildman–Crippen MR) is 148 cm³/mol. The highest BCUT2D eigenvalue weighted by atomic mass is 79.9. The van der Waals surface area contributed by atoms with E-state index >= 15 is 0 Å². The van der Waals surface area contributed by atoms with Crippen molar-refractivity contribution in [1.29, 1.82) is 0 Å².